The number of aliphatic hydroxyl groups is 1. The molecule has 0 rings (SSSR count). The van der Waals surface area contributed by atoms with Gasteiger partial charge in [-0.05, 0) is 6.85 Å². The van der Waals surface area contributed by atoms with Gasteiger partial charge in [-0.3, -0.25) is 4.79 Å². The van der Waals surface area contributed by atoms with Crippen molar-refractivity contribution in [3.63, 3.8) is 0 Å². The van der Waals surface area contributed by atoms with Crippen molar-refractivity contribution in [1.82, 2.24) is 0 Å². The molecule has 0 aromatic carbocycles. The van der Waals surface area contributed by atoms with Crippen LogP contribution < -0.4 is 29.6 Å². The largest absolute Gasteiger partial charge is 1.00 e. The van der Waals surface area contributed by atoms with E-state index in [1.807, 2.05) is 0 Å². The standard InChI is InChI=1S/C4H8O3.Na.H/c1-3(5)2-4(6)7;;/h3,5H,2H2,1H3,(H,6,7);;/q;+1;-1/i1D3,3D;;. The maximum Gasteiger partial charge on any atom is 1.00 e. The Labute approximate surface area is 77.1 Å². The van der Waals surface area contributed by atoms with Crippen molar-refractivity contribution in [2.75, 3.05) is 0 Å². The van der Waals surface area contributed by atoms with Crippen LogP contribution in [0.1, 0.15) is 20.2 Å². The molecule has 0 heterocycles. The number of hydrogen-bond acceptors (Lipinski definition) is 2. The molecule has 0 aromatic heterocycles. The maximum absolute atomic E-state index is 9.93. The van der Waals surface area contributed by atoms with Crippen molar-refractivity contribution < 1.29 is 51.5 Å². The number of hydrogen-bond donors (Lipinski definition) is 2. The molecule has 0 saturated heterocycles. The summed E-state index contributed by atoms with van der Waals surface area (Å²) >= 11 is 0. The molecular formula is C4H9NaO3. The molecule has 8 heavy (non-hydrogen) atoms. The summed E-state index contributed by atoms with van der Waals surface area (Å²) in [5, 5.41) is 16.8. The molecule has 0 aromatic rings. The molecule has 1 atom stereocenters. The quantitative estimate of drug-likeness (QED) is 0.393. The first-order valence-electron chi connectivity index (χ1n) is 3.61. The summed E-state index contributed by atoms with van der Waals surface area (Å²) in [6.45, 7) is -2.98. The number of carbonyl (C=O) groups is 1. The SMILES string of the molecule is [2H]C([2H])([2H])C([2H])(O)CC(=O)O.[H-].[Na+]. The van der Waals surface area contributed by atoms with Gasteiger partial charge in [0.2, 0.25) is 0 Å². The van der Waals surface area contributed by atoms with E-state index in [0.29, 0.717) is 0 Å². The Balaban J connectivity index is -0.000000500. The zero-order chi connectivity index (χ0) is 9.28. The first-order chi connectivity index (χ1) is 4.67. The third kappa shape index (κ3) is 9.66. The predicted octanol–water partition coefficient (Wildman–Crippen LogP) is -3.04. The number of carboxylic acids is 1. The van der Waals surface area contributed by atoms with Crippen LogP contribution in [-0.4, -0.2) is 22.3 Å². The van der Waals surface area contributed by atoms with Gasteiger partial charge in [-0.25, -0.2) is 0 Å². The van der Waals surface area contributed by atoms with Crippen molar-refractivity contribution in [3.05, 3.63) is 0 Å². The van der Waals surface area contributed by atoms with Crippen molar-refractivity contribution in [2.24, 2.45) is 0 Å². The molecule has 2 N–H and O–H groups in total. The van der Waals surface area contributed by atoms with Gasteiger partial charge < -0.3 is 11.6 Å². The zero-order valence-corrected chi connectivity index (χ0v) is 6.51. The summed E-state index contributed by atoms with van der Waals surface area (Å²) in [6.07, 6.45) is -4.00. The summed E-state index contributed by atoms with van der Waals surface area (Å²) in [5.74, 6) is -1.52. The second kappa shape index (κ2) is 5.56. The van der Waals surface area contributed by atoms with Crippen LogP contribution in [0.3, 0.4) is 0 Å². The van der Waals surface area contributed by atoms with Gasteiger partial charge in [0.25, 0.3) is 0 Å². The van der Waals surface area contributed by atoms with E-state index in [4.69, 9.17) is 15.7 Å². The van der Waals surface area contributed by atoms with Gasteiger partial charge in [0.15, 0.2) is 0 Å². The first-order valence-corrected chi connectivity index (χ1v) is 1.61. The maximum atomic E-state index is 9.93. The second-order valence-electron chi connectivity index (χ2n) is 1.02. The van der Waals surface area contributed by atoms with Crippen LogP contribution in [0.4, 0.5) is 0 Å². The Morgan fingerprint density at radius 1 is 2.25 bits per heavy atom. The summed E-state index contributed by atoms with van der Waals surface area (Å²) in [4.78, 5) is 9.93. The Hall–Kier alpha value is 0.430. The van der Waals surface area contributed by atoms with Gasteiger partial charge in [-0.1, -0.05) is 0 Å². The molecule has 0 aliphatic heterocycles. The monoisotopic (exact) mass is 132 g/mol. The van der Waals surface area contributed by atoms with Gasteiger partial charge in [0.05, 0.1) is 13.9 Å². The van der Waals surface area contributed by atoms with Gasteiger partial charge in [-0.15, -0.1) is 0 Å². The molecule has 0 radical (unpaired) electrons. The van der Waals surface area contributed by atoms with E-state index < -0.39 is 25.3 Å². The summed E-state index contributed by atoms with van der Waals surface area (Å²) in [5.41, 5.74) is 0. The molecule has 0 saturated carbocycles. The first kappa shape index (κ1) is 4.28. The molecule has 0 spiro atoms. The van der Waals surface area contributed by atoms with E-state index in [1.54, 1.807) is 0 Å². The van der Waals surface area contributed by atoms with Gasteiger partial charge in [0, 0.05) is 4.11 Å². The second-order valence-corrected chi connectivity index (χ2v) is 1.02. The fourth-order valence-electron chi connectivity index (χ4n) is 0.143. The molecule has 0 aliphatic rings. The Kier molecular flexibility index (Phi) is 2.98. The molecule has 1 unspecified atom stereocenters. The molecule has 44 valence electrons. The average molecular weight is 132 g/mol. The smallest absolute Gasteiger partial charge is 1.00 e. The molecule has 0 aliphatic carbocycles. The minimum Gasteiger partial charge on any atom is -1.00 e. The van der Waals surface area contributed by atoms with E-state index in [1.165, 1.54) is 0 Å². The van der Waals surface area contributed by atoms with Crippen molar-refractivity contribution >= 4 is 5.97 Å². The van der Waals surface area contributed by atoms with Crippen LogP contribution in [0.2, 0.25) is 0 Å². The minimum absolute atomic E-state index is 0. The van der Waals surface area contributed by atoms with Gasteiger partial charge in [-0.2, -0.15) is 0 Å². The van der Waals surface area contributed by atoms with Gasteiger partial charge in [0.1, 0.15) is 0 Å². The zero-order valence-electron chi connectivity index (χ0n) is 9.51. The molecular weight excluding hydrogens is 119 g/mol. The van der Waals surface area contributed by atoms with Crippen LogP contribution in [0, 0.1) is 0 Å². The topological polar surface area (TPSA) is 57.5 Å². The predicted molar refractivity (Wildman–Crippen MR) is 25.0 cm³/mol. The minimum atomic E-state index is -2.98. The van der Waals surface area contributed by atoms with E-state index in [0.717, 1.165) is 0 Å². The normalized spacial score (nSPS) is 24.6. The number of rotatable bonds is 2. The van der Waals surface area contributed by atoms with Crippen molar-refractivity contribution in [1.29, 1.82) is 0 Å². The summed E-state index contributed by atoms with van der Waals surface area (Å²) in [7, 11) is 0. The van der Waals surface area contributed by atoms with Crippen LogP contribution in [0.25, 0.3) is 0 Å². The Morgan fingerprint density at radius 3 is 2.88 bits per heavy atom. The fourth-order valence-corrected chi connectivity index (χ4v) is 0.143. The third-order valence-corrected chi connectivity index (χ3v) is 0.319. The average Bonchev–Trinajstić information content (AvgIpc) is 1.56. The van der Waals surface area contributed by atoms with Gasteiger partial charge >= 0.3 is 35.5 Å². The van der Waals surface area contributed by atoms with Crippen LogP contribution in [0.5, 0.6) is 0 Å². The molecule has 0 bridgehead atoms. The molecule has 0 fully saturated rings. The molecule has 4 heteroatoms. The van der Waals surface area contributed by atoms with E-state index in [2.05, 4.69) is 0 Å². The number of aliphatic carboxylic acids is 1. The Morgan fingerprint density at radius 2 is 2.75 bits per heavy atom. The third-order valence-electron chi connectivity index (χ3n) is 0.319. The number of carboxylic acid groups (broad SMARTS) is 1. The van der Waals surface area contributed by atoms with E-state index in [-0.39, 0.29) is 31.0 Å². The van der Waals surface area contributed by atoms with Crippen LogP contribution >= 0.6 is 0 Å². The van der Waals surface area contributed by atoms with Crippen molar-refractivity contribution in [2.45, 2.75) is 19.4 Å². The van der Waals surface area contributed by atoms with E-state index >= 15 is 0 Å². The summed E-state index contributed by atoms with van der Waals surface area (Å²) < 4.78 is 26.4. The molecule has 0 amide bonds. The molecule has 3 nitrogen and oxygen atoms in total. The van der Waals surface area contributed by atoms with Crippen LogP contribution in [0.15, 0.2) is 0 Å². The Bertz CT molecular complexity index is 168. The summed E-state index contributed by atoms with van der Waals surface area (Å²) in [6, 6.07) is 0. The van der Waals surface area contributed by atoms with E-state index in [9.17, 15) is 4.79 Å². The van der Waals surface area contributed by atoms with Crippen molar-refractivity contribution in [3.8, 4) is 0 Å². The van der Waals surface area contributed by atoms with Crippen LogP contribution in [-0.2, 0) is 4.79 Å². The fraction of sp³-hybridized carbons (Fsp3) is 0.750.